The normalized spacial score (nSPS) is 17.2. The Kier molecular flexibility index (Phi) is 9.72. The molecule has 1 unspecified atom stereocenters. The van der Waals surface area contributed by atoms with E-state index < -0.39 is 41.1 Å². The molecule has 0 radical (unpaired) electrons. The van der Waals surface area contributed by atoms with Crippen molar-refractivity contribution in [1.82, 2.24) is 19.0 Å². The number of aryl methyl sites for hydroxylation is 1. The molecule has 0 spiro atoms. The average Bonchev–Trinajstić information content (AvgIpc) is 3.37. The number of aromatic amines is 1. The molecule has 1 N–H and O–H groups in total. The van der Waals surface area contributed by atoms with Gasteiger partial charge in [-0.2, -0.15) is 0 Å². The smallest absolute Gasteiger partial charge is 0.411 e. The summed E-state index contributed by atoms with van der Waals surface area (Å²) >= 11 is 6.08. The van der Waals surface area contributed by atoms with E-state index in [1.54, 1.807) is 63.2 Å². The van der Waals surface area contributed by atoms with Crippen molar-refractivity contribution < 1.29 is 23.8 Å². The van der Waals surface area contributed by atoms with Gasteiger partial charge < -0.3 is 14.2 Å². The number of nitrogens with one attached hydrogen (secondary N) is 1. The van der Waals surface area contributed by atoms with Gasteiger partial charge >= 0.3 is 23.4 Å². The van der Waals surface area contributed by atoms with Gasteiger partial charge in [-0.3, -0.25) is 14.5 Å². The molecule has 4 rings (SSSR count). The van der Waals surface area contributed by atoms with Gasteiger partial charge in [-0.05, 0) is 83.0 Å². The molecule has 0 bridgehead atoms. The molecule has 1 aliphatic rings. The summed E-state index contributed by atoms with van der Waals surface area (Å²) in [4.78, 5) is 61.9. The summed E-state index contributed by atoms with van der Waals surface area (Å²) in [7, 11) is 1.21. The van der Waals surface area contributed by atoms with E-state index in [2.05, 4.69) is 9.98 Å². The Morgan fingerprint density at radius 2 is 1.80 bits per heavy atom. The largest absolute Gasteiger partial charge is 0.491 e. The molecule has 1 saturated heterocycles. The lowest BCUT2D eigenvalue weighted by Gasteiger charge is -2.27. The van der Waals surface area contributed by atoms with Crippen LogP contribution in [0.4, 0.5) is 10.5 Å². The van der Waals surface area contributed by atoms with Crippen LogP contribution in [0.1, 0.15) is 58.2 Å². The number of aromatic nitrogens is 3. The number of likely N-dealkylation sites (tertiary alicyclic amines) is 1. The van der Waals surface area contributed by atoms with Gasteiger partial charge in [-0.1, -0.05) is 23.7 Å². The van der Waals surface area contributed by atoms with E-state index >= 15 is 0 Å². The third kappa shape index (κ3) is 7.60. The molecule has 2 heterocycles. The van der Waals surface area contributed by atoms with Crippen LogP contribution in [0.25, 0.3) is 0 Å². The van der Waals surface area contributed by atoms with Crippen LogP contribution in [0.3, 0.4) is 0 Å². The Bertz CT molecular complexity index is 1720. The highest BCUT2D eigenvalue weighted by Crippen LogP contribution is 2.28. The number of amides is 1. The van der Waals surface area contributed by atoms with Gasteiger partial charge in [0, 0.05) is 18.0 Å². The van der Waals surface area contributed by atoms with Crippen LogP contribution in [0.5, 0.6) is 5.75 Å². The first-order chi connectivity index (χ1) is 20.7. The lowest BCUT2D eigenvalue weighted by atomic mass is 10.1. The van der Waals surface area contributed by atoms with Crippen LogP contribution in [-0.4, -0.2) is 62.5 Å². The van der Waals surface area contributed by atoms with Gasteiger partial charge in [-0.15, -0.1) is 0 Å². The number of ether oxygens (including phenoxy) is 3. The number of esters is 1. The topological polar surface area (TPSA) is 137 Å². The van der Waals surface area contributed by atoms with E-state index in [1.165, 1.54) is 16.6 Å². The van der Waals surface area contributed by atoms with Crippen molar-refractivity contribution in [2.45, 2.75) is 78.3 Å². The van der Waals surface area contributed by atoms with Crippen LogP contribution < -0.4 is 21.7 Å². The Morgan fingerprint density at radius 3 is 2.39 bits per heavy atom. The van der Waals surface area contributed by atoms with Crippen molar-refractivity contribution in [3.8, 4) is 5.75 Å². The molecule has 0 aliphatic carbocycles. The number of carbonyl (C=O) groups excluding carboxylic acids is 2. The highest BCUT2D eigenvalue weighted by molar-refractivity contribution is 6.30. The molecule has 1 fully saturated rings. The molecule has 1 aliphatic heterocycles. The Morgan fingerprint density at radius 1 is 1.11 bits per heavy atom. The SMILES string of the molecule is COC(=O)[C@@H]1CC(n2c(=O)[nH]/c(=N\c3ccc(OC(C)C)c(C)c3)n(Cc3ccc(Cl)cc3)c2=O)CN1C(=O)OC(C)(C)C. The summed E-state index contributed by atoms with van der Waals surface area (Å²) in [6.07, 6.45) is -0.786. The van der Waals surface area contributed by atoms with E-state index in [0.717, 1.165) is 15.7 Å². The van der Waals surface area contributed by atoms with Crippen LogP contribution in [0.15, 0.2) is 57.0 Å². The molecule has 0 saturated carbocycles. The van der Waals surface area contributed by atoms with Crippen molar-refractivity contribution in [3.05, 3.63) is 85.2 Å². The number of nitrogens with zero attached hydrogens (tertiary/aromatic N) is 4. The second-order valence-electron chi connectivity index (χ2n) is 11.9. The summed E-state index contributed by atoms with van der Waals surface area (Å²) < 4.78 is 18.6. The number of methoxy groups -OCH3 is 1. The van der Waals surface area contributed by atoms with Crippen molar-refractivity contribution in [2.75, 3.05) is 13.7 Å². The van der Waals surface area contributed by atoms with Gasteiger partial charge in [0.25, 0.3) is 0 Å². The molecular formula is C31H38ClN5O7. The monoisotopic (exact) mass is 627 g/mol. The number of hydrogen-bond donors (Lipinski definition) is 1. The minimum absolute atomic E-state index is 0.0115. The Labute approximate surface area is 259 Å². The van der Waals surface area contributed by atoms with Gasteiger partial charge in [-0.25, -0.2) is 28.7 Å². The van der Waals surface area contributed by atoms with Gasteiger partial charge in [0.2, 0.25) is 5.62 Å². The molecule has 13 heteroatoms. The van der Waals surface area contributed by atoms with Crippen molar-refractivity contribution in [2.24, 2.45) is 4.99 Å². The molecule has 236 valence electrons. The number of halogens is 1. The summed E-state index contributed by atoms with van der Waals surface area (Å²) in [5, 5.41) is 0.531. The molecular weight excluding hydrogens is 590 g/mol. The third-order valence-electron chi connectivity index (χ3n) is 6.89. The minimum Gasteiger partial charge on any atom is -0.491 e. The number of benzene rings is 2. The molecule has 3 aromatic rings. The first-order valence-corrected chi connectivity index (χ1v) is 14.6. The van der Waals surface area contributed by atoms with E-state index in [1.807, 2.05) is 20.8 Å². The fraction of sp³-hybridized carbons (Fsp3) is 0.452. The molecule has 12 nitrogen and oxygen atoms in total. The van der Waals surface area contributed by atoms with Gasteiger partial charge in [0.1, 0.15) is 17.4 Å². The van der Waals surface area contributed by atoms with Crippen molar-refractivity contribution in [1.29, 1.82) is 0 Å². The van der Waals surface area contributed by atoms with Crippen molar-refractivity contribution in [3.63, 3.8) is 0 Å². The maximum Gasteiger partial charge on any atom is 0.411 e. The van der Waals surface area contributed by atoms with Gasteiger partial charge in [0.05, 0.1) is 31.5 Å². The number of carbonyl (C=O) groups is 2. The predicted molar refractivity (Wildman–Crippen MR) is 164 cm³/mol. The van der Waals surface area contributed by atoms with Gasteiger partial charge in [0.15, 0.2) is 0 Å². The minimum atomic E-state index is -1.05. The second kappa shape index (κ2) is 13.1. The summed E-state index contributed by atoms with van der Waals surface area (Å²) in [5.74, 6) is 0.0246. The summed E-state index contributed by atoms with van der Waals surface area (Å²) in [6.45, 7) is 10.8. The zero-order chi connectivity index (χ0) is 32.3. The maximum atomic E-state index is 14.1. The van der Waals surface area contributed by atoms with Crippen LogP contribution in [0.2, 0.25) is 5.02 Å². The summed E-state index contributed by atoms with van der Waals surface area (Å²) in [6, 6.07) is 10.4. The first-order valence-electron chi connectivity index (χ1n) is 14.3. The quantitative estimate of drug-likeness (QED) is 0.390. The fourth-order valence-electron chi connectivity index (χ4n) is 4.95. The first kappa shape index (κ1) is 32.6. The lowest BCUT2D eigenvalue weighted by Crippen LogP contribution is -2.51. The summed E-state index contributed by atoms with van der Waals surface area (Å²) in [5.41, 5.74) is -0.143. The predicted octanol–water partition coefficient (Wildman–Crippen LogP) is 4.09. The van der Waals surface area contributed by atoms with E-state index in [-0.39, 0.29) is 31.2 Å². The molecule has 1 amide bonds. The average molecular weight is 628 g/mol. The van der Waals surface area contributed by atoms with Crippen molar-refractivity contribution >= 4 is 29.4 Å². The van der Waals surface area contributed by atoms with E-state index in [0.29, 0.717) is 16.5 Å². The molecule has 44 heavy (non-hydrogen) atoms. The molecule has 2 aromatic carbocycles. The Hall–Kier alpha value is -4.32. The molecule has 2 atom stereocenters. The van der Waals surface area contributed by atoms with E-state index in [4.69, 9.17) is 25.8 Å². The zero-order valence-electron chi connectivity index (χ0n) is 25.9. The number of hydrogen-bond acceptors (Lipinski definition) is 8. The van der Waals surface area contributed by atoms with Crippen LogP contribution >= 0.6 is 11.6 Å². The van der Waals surface area contributed by atoms with E-state index in [9.17, 15) is 19.2 Å². The van der Waals surface area contributed by atoms with Crippen LogP contribution in [0, 0.1) is 6.92 Å². The maximum absolute atomic E-state index is 14.1. The zero-order valence-corrected chi connectivity index (χ0v) is 26.7. The highest BCUT2D eigenvalue weighted by atomic mass is 35.5. The fourth-order valence-corrected chi connectivity index (χ4v) is 5.08. The Balaban J connectivity index is 1.83. The number of rotatable bonds is 7. The molecule has 1 aromatic heterocycles. The second-order valence-corrected chi connectivity index (χ2v) is 12.3. The standard InChI is InChI=1S/C31H38ClN5O7/c1-18(2)43-25-13-12-22(14-19(25)3)33-27-34-28(39)37(29(40)36(27)16-20-8-10-21(32)11-9-20)23-15-24(26(38)42-7)35(17-23)30(41)44-31(4,5)6/h8-14,18,23-24H,15-17H2,1-7H3,(H,33,34,39)/t23?,24-/m0/s1. The highest BCUT2D eigenvalue weighted by Gasteiger charge is 2.44. The number of H-pyrrole nitrogens is 1. The van der Waals surface area contributed by atoms with Crippen LogP contribution in [-0.2, 0) is 20.8 Å². The lowest BCUT2D eigenvalue weighted by molar-refractivity contribution is -0.145. The third-order valence-corrected chi connectivity index (χ3v) is 7.14.